The van der Waals surface area contributed by atoms with Crippen molar-refractivity contribution in [1.82, 2.24) is 5.32 Å². The van der Waals surface area contributed by atoms with Gasteiger partial charge in [-0.15, -0.1) is 0 Å². The maximum absolute atomic E-state index is 12.5. The lowest BCUT2D eigenvalue weighted by molar-refractivity contribution is -0.384. The van der Waals surface area contributed by atoms with Crippen LogP contribution in [0.4, 0.5) is 5.69 Å². The maximum atomic E-state index is 12.5. The highest BCUT2D eigenvalue weighted by atomic mass is 33.1. The lowest BCUT2D eigenvalue weighted by Gasteiger charge is -2.44. The topological polar surface area (TPSA) is 208 Å². The molecule has 3 aliphatic heterocycles. The quantitative estimate of drug-likeness (QED) is 0.107. The molecule has 2 fully saturated rings. The summed E-state index contributed by atoms with van der Waals surface area (Å²) in [6.07, 6.45) is -1.74. The Morgan fingerprint density at radius 1 is 0.920 bits per heavy atom. The lowest BCUT2D eigenvalue weighted by atomic mass is 9.82. The number of aliphatic imine (C=N–C) groups is 1. The zero-order valence-corrected chi connectivity index (χ0v) is 31.1. The summed E-state index contributed by atoms with van der Waals surface area (Å²) >= 11 is 0. The summed E-state index contributed by atoms with van der Waals surface area (Å²) in [7, 11) is -3.11. The third kappa shape index (κ3) is 11.3. The Morgan fingerprint density at radius 2 is 1.48 bits per heavy atom. The molecule has 3 aliphatic rings. The van der Waals surface area contributed by atoms with Crippen molar-refractivity contribution >= 4 is 49.1 Å². The molecule has 1 N–H and O–H groups in total. The van der Waals surface area contributed by atoms with Crippen LogP contribution in [-0.4, -0.2) is 99.5 Å². The first-order valence-corrected chi connectivity index (χ1v) is 19.2. The Kier molecular flexibility index (Phi) is 15.0. The van der Waals surface area contributed by atoms with Crippen LogP contribution in [0, 0.1) is 33.8 Å². The predicted molar refractivity (Wildman–Crippen MR) is 182 cm³/mol. The lowest BCUT2D eigenvalue weighted by Crippen LogP contribution is -2.58. The number of hydrogen-bond acceptors (Lipinski definition) is 15. The van der Waals surface area contributed by atoms with E-state index in [4.69, 9.17) is 28.4 Å². The van der Waals surface area contributed by atoms with Gasteiger partial charge in [-0.2, -0.15) is 0 Å². The Bertz CT molecular complexity index is 1490. The van der Waals surface area contributed by atoms with Gasteiger partial charge in [-0.05, 0) is 46.6 Å². The molecule has 1 amide bonds. The first-order valence-electron chi connectivity index (χ1n) is 16.2. The molecule has 50 heavy (non-hydrogen) atoms. The minimum absolute atomic E-state index is 0.000976. The largest absolute Gasteiger partial charge is 0.463 e. The third-order valence-electron chi connectivity index (χ3n) is 8.96. The first-order chi connectivity index (χ1) is 23.4. The number of amides is 1. The normalized spacial score (nSPS) is 30.4. The highest BCUT2D eigenvalue weighted by molar-refractivity contribution is 8.72. The third-order valence-corrected chi connectivity index (χ3v) is 12.5. The molecule has 280 valence electrons. The number of esters is 2. The minimum Gasteiger partial charge on any atom is -0.463 e. The standard InChI is InChI=1S/C20H28N2O9S2.C12H19NO4/c1-12-13(2)19(21-14(3)23)20(31-18(12)11-30-15(4)24)29-9-10-32-33(27,28)17-7-5-16(6-8-17)22(25)26;1-6-7(2)11-12(16-8(3)13-11)17-10(6)5-15-9(4)14/h5-8,12-13,18-20H,9-11H2,1-4H3,(H,21,23);6-7,10-12H,5H2,1-4H3. The van der Waals surface area contributed by atoms with Gasteiger partial charge in [-0.25, -0.2) is 13.4 Å². The van der Waals surface area contributed by atoms with Gasteiger partial charge < -0.3 is 33.7 Å². The summed E-state index contributed by atoms with van der Waals surface area (Å²) in [4.78, 5) is 48.2. The highest BCUT2D eigenvalue weighted by Gasteiger charge is 2.46. The van der Waals surface area contributed by atoms with Crippen molar-refractivity contribution in [2.24, 2.45) is 28.7 Å². The molecule has 0 aromatic heterocycles. The SMILES string of the molecule is CC(=O)NC1C(OCCSS(=O)(=O)c2ccc([N+](=O)[O-])cc2)OC(COC(C)=O)C(C)C1C.CC(=O)OCC1OC2OC(C)=NC2C(C)C1C. The zero-order valence-electron chi connectivity index (χ0n) is 29.4. The molecule has 0 spiro atoms. The van der Waals surface area contributed by atoms with Crippen LogP contribution in [-0.2, 0) is 51.7 Å². The van der Waals surface area contributed by atoms with E-state index >= 15 is 0 Å². The first kappa shape index (κ1) is 41.1. The number of non-ortho nitro benzene ring substituents is 1. The number of nitro benzene ring substituents is 1. The number of nitrogens with zero attached hydrogens (tertiary/aromatic N) is 2. The molecule has 0 saturated carbocycles. The van der Waals surface area contributed by atoms with Gasteiger partial charge in [0.1, 0.15) is 19.3 Å². The Labute approximate surface area is 295 Å². The van der Waals surface area contributed by atoms with Crippen molar-refractivity contribution in [2.75, 3.05) is 25.6 Å². The number of carbonyl (C=O) groups is 3. The van der Waals surface area contributed by atoms with Crippen molar-refractivity contribution in [3.05, 3.63) is 34.4 Å². The summed E-state index contributed by atoms with van der Waals surface area (Å²) in [6, 6.07) is 4.22. The van der Waals surface area contributed by atoms with Crippen LogP contribution in [0.5, 0.6) is 0 Å². The smallest absolute Gasteiger partial charge is 0.302 e. The number of rotatable bonds is 12. The fourth-order valence-electron chi connectivity index (χ4n) is 5.72. The number of benzene rings is 1. The fourth-order valence-corrected chi connectivity index (χ4v) is 8.31. The molecule has 18 heteroatoms. The second-order valence-corrected chi connectivity index (χ2v) is 16.6. The summed E-state index contributed by atoms with van der Waals surface area (Å²) in [5.41, 5.74) is -0.201. The Hall–Kier alpha value is -3.32. The number of fused-ring (bicyclic) bond motifs is 1. The van der Waals surface area contributed by atoms with E-state index in [2.05, 4.69) is 24.2 Å². The van der Waals surface area contributed by atoms with Gasteiger partial charge in [0.05, 0.1) is 34.7 Å². The maximum Gasteiger partial charge on any atom is 0.302 e. The number of nitrogens with one attached hydrogen (secondary N) is 1. The molecule has 1 aromatic carbocycles. The van der Waals surface area contributed by atoms with E-state index < -0.39 is 38.2 Å². The minimum atomic E-state index is -3.74. The van der Waals surface area contributed by atoms with Crippen LogP contribution in [0.25, 0.3) is 0 Å². The van der Waals surface area contributed by atoms with Crippen LogP contribution in [0.3, 0.4) is 0 Å². The van der Waals surface area contributed by atoms with E-state index in [1.54, 1.807) is 0 Å². The molecule has 10 atom stereocenters. The van der Waals surface area contributed by atoms with E-state index in [1.165, 1.54) is 32.9 Å². The van der Waals surface area contributed by atoms with Gasteiger partial charge in [0.15, 0.2) is 12.2 Å². The molecular formula is C32H47N3O13S2. The van der Waals surface area contributed by atoms with E-state index in [1.807, 2.05) is 20.8 Å². The number of nitro groups is 1. The molecule has 2 saturated heterocycles. The average molecular weight is 746 g/mol. The molecule has 0 aliphatic carbocycles. The van der Waals surface area contributed by atoms with Crippen molar-refractivity contribution < 1.29 is 56.1 Å². The molecule has 1 aromatic rings. The van der Waals surface area contributed by atoms with Crippen molar-refractivity contribution in [2.45, 2.75) is 97.2 Å². The summed E-state index contributed by atoms with van der Waals surface area (Å²) in [6.45, 7) is 14.3. The van der Waals surface area contributed by atoms with Crippen LogP contribution in [0.2, 0.25) is 0 Å². The van der Waals surface area contributed by atoms with Crippen LogP contribution < -0.4 is 5.32 Å². The van der Waals surface area contributed by atoms with Crippen LogP contribution >= 0.6 is 10.8 Å². The Morgan fingerprint density at radius 3 is 2.02 bits per heavy atom. The summed E-state index contributed by atoms with van der Waals surface area (Å²) in [5, 5.41) is 13.5. The molecule has 10 unspecified atom stereocenters. The van der Waals surface area contributed by atoms with Gasteiger partial charge >= 0.3 is 11.9 Å². The molecular weight excluding hydrogens is 698 g/mol. The number of ether oxygens (including phenoxy) is 6. The number of hydrogen-bond donors (Lipinski definition) is 1. The van der Waals surface area contributed by atoms with Crippen LogP contribution in [0.15, 0.2) is 34.2 Å². The molecule has 0 radical (unpaired) electrons. The summed E-state index contributed by atoms with van der Waals surface area (Å²) < 4.78 is 58.1. The van der Waals surface area contributed by atoms with Crippen LogP contribution in [0.1, 0.15) is 55.4 Å². The van der Waals surface area contributed by atoms with Crippen molar-refractivity contribution in [1.29, 1.82) is 0 Å². The molecule has 0 bridgehead atoms. The monoisotopic (exact) mass is 745 g/mol. The van der Waals surface area contributed by atoms with Crippen molar-refractivity contribution in [3.63, 3.8) is 0 Å². The highest BCUT2D eigenvalue weighted by Crippen LogP contribution is 2.36. The van der Waals surface area contributed by atoms with Gasteiger partial charge in [0, 0.05) is 45.6 Å². The fraction of sp³-hybridized carbons (Fsp3) is 0.688. The zero-order chi connectivity index (χ0) is 37.3. The van der Waals surface area contributed by atoms with E-state index in [9.17, 15) is 32.9 Å². The molecule has 4 rings (SSSR count). The molecule has 16 nitrogen and oxygen atoms in total. The summed E-state index contributed by atoms with van der Waals surface area (Å²) in [5.74, 6) is 0.285. The second-order valence-electron chi connectivity index (χ2n) is 12.5. The Balaban J connectivity index is 0.000000331. The predicted octanol–water partition coefficient (Wildman–Crippen LogP) is 3.46. The molecule has 3 heterocycles. The average Bonchev–Trinajstić information content (AvgIpc) is 3.43. The van der Waals surface area contributed by atoms with Gasteiger partial charge in [-0.3, -0.25) is 24.5 Å². The van der Waals surface area contributed by atoms with Gasteiger partial charge in [0.2, 0.25) is 21.1 Å². The van der Waals surface area contributed by atoms with Crippen molar-refractivity contribution in [3.8, 4) is 0 Å². The van der Waals surface area contributed by atoms with Gasteiger partial charge in [-0.1, -0.05) is 27.7 Å². The number of carbonyl (C=O) groups excluding carboxylic acids is 3. The van der Waals surface area contributed by atoms with Gasteiger partial charge in [0.25, 0.3) is 5.69 Å². The van der Waals surface area contributed by atoms with E-state index in [0.29, 0.717) is 22.6 Å². The van der Waals surface area contributed by atoms with E-state index in [0.717, 1.165) is 12.1 Å². The van der Waals surface area contributed by atoms with E-state index in [-0.39, 0.29) is 84.2 Å². The second kappa shape index (κ2) is 18.3.